The molecule has 21 heavy (non-hydrogen) atoms. The number of aromatic nitrogens is 2. The number of carbonyl (C=O) groups is 2. The summed E-state index contributed by atoms with van der Waals surface area (Å²) >= 11 is 0. The largest absolute Gasteiger partial charge is 0.480 e. The van der Waals surface area contributed by atoms with Gasteiger partial charge >= 0.3 is 5.97 Å². The van der Waals surface area contributed by atoms with Gasteiger partial charge in [0.1, 0.15) is 11.7 Å². The van der Waals surface area contributed by atoms with Gasteiger partial charge in [-0.1, -0.05) is 13.3 Å². The number of amides is 1. The summed E-state index contributed by atoms with van der Waals surface area (Å²) in [4.78, 5) is 25.9. The van der Waals surface area contributed by atoms with Crippen LogP contribution in [0.3, 0.4) is 0 Å². The Bertz CT molecular complexity index is 581. The van der Waals surface area contributed by atoms with Gasteiger partial charge in [-0.05, 0) is 37.2 Å². The van der Waals surface area contributed by atoms with Crippen LogP contribution in [-0.4, -0.2) is 44.3 Å². The van der Waals surface area contributed by atoms with Crippen molar-refractivity contribution in [1.82, 2.24) is 14.7 Å². The van der Waals surface area contributed by atoms with Crippen LogP contribution in [0.15, 0.2) is 6.07 Å². The monoisotopic (exact) mass is 291 g/mol. The van der Waals surface area contributed by atoms with E-state index in [4.69, 9.17) is 0 Å². The van der Waals surface area contributed by atoms with E-state index in [1.807, 2.05) is 6.92 Å². The van der Waals surface area contributed by atoms with Crippen LogP contribution in [0.2, 0.25) is 0 Å². The molecule has 1 amide bonds. The molecule has 1 aliphatic heterocycles. The molecule has 2 aliphatic rings. The van der Waals surface area contributed by atoms with Crippen molar-refractivity contribution in [2.24, 2.45) is 18.9 Å². The van der Waals surface area contributed by atoms with Gasteiger partial charge in [0.05, 0.1) is 5.69 Å². The smallest absolute Gasteiger partial charge is 0.326 e. The lowest BCUT2D eigenvalue weighted by atomic mass is 9.94. The number of carbonyl (C=O) groups excluding carboxylic acids is 1. The third-order valence-corrected chi connectivity index (χ3v) is 4.92. The third-order valence-electron chi connectivity index (χ3n) is 4.92. The van der Waals surface area contributed by atoms with Crippen molar-refractivity contribution in [3.8, 4) is 0 Å². The lowest BCUT2D eigenvalue weighted by Gasteiger charge is -2.24. The van der Waals surface area contributed by atoms with E-state index in [0.29, 0.717) is 18.2 Å². The Balaban J connectivity index is 1.89. The number of fused-ring (bicyclic) bond motifs is 1. The molecule has 1 aromatic heterocycles. The molecule has 2 fully saturated rings. The Morgan fingerprint density at radius 3 is 2.81 bits per heavy atom. The van der Waals surface area contributed by atoms with Crippen molar-refractivity contribution in [2.45, 2.75) is 38.6 Å². The minimum absolute atomic E-state index is 0.116. The predicted molar refractivity (Wildman–Crippen MR) is 75.9 cm³/mol. The molecule has 0 radical (unpaired) electrons. The first-order chi connectivity index (χ1) is 10.0. The second-order valence-corrected chi connectivity index (χ2v) is 6.09. The van der Waals surface area contributed by atoms with Gasteiger partial charge in [-0.3, -0.25) is 9.48 Å². The molecule has 1 aliphatic carbocycles. The van der Waals surface area contributed by atoms with E-state index in [2.05, 4.69) is 5.10 Å². The van der Waals surface area contributed by atoms with Crippen molar-refractivity contribution in [2.75, 3.05) is 6.54 Å². The molecule has 1 saturated carbocycles. The van der Waals surface area contributed by atoms with Crippen LogP contribution in [-0.2, 0) is 18.3 Å². The van der Waals surface area contributed by atoms with Crippen molar-refractivity contribution >= 4 is 11.9 Å². The molecule has 3 rings (SSSR count). The maximum Gasteiger partial charge on any atom is 0.326 e. The zero-order valence-electron chi connectivity index (χ0n) is 12.5. The minimum atomic E-state index is -0.879. The summed E-state index contributed by atoms with van der Waals surface area (Å²) in [7, 11) is 1.74. The summed E-state index contributed by atoms with van der Waals surface area (Å²) in [5.41, 5.74) is 1.34. The molecular weight excluding hydrogens is 270 g/mol. The van der Waals surface area contributed by atoms with Crippen LogP contribution < -0.4 is 0 Å². The minimum Gasteiger partial charge on any atom is -0.480 e. The molecule has 1 N–H and O–H groups in total. The first kappa shape index (κ1) is 14.1. The van der Waals surface area contributed by atoms with Gasteiger partial charge < -0.3 is 10.0 Å². The zero-order chi connectivity index (χ0) is 15.1. The number of carboxylic acid groups (broad SMARTS) is 1. The molecule has 1 aromatic rings. The van der Waals surface area contributed by atoms with Gasteiger partial charge in [-0.15, -0.1) is 0 Å². The number of likely N-dealkylation sites (tertiary alicyclic amines) is 1. The Morgan fingerprint density at radius 1 is 1.43 bits per heavy atom. The van der Waals surface area contributed by atoms with Gasteiger partial charge in [0.15, 0.2) is 0 Å². The molecule has 2 heterocycles. The van der Waals surface area contributed by atoms with Crippen molar-refractivity contribution in [3.05, 3.63) is 17.5 Å². The van der Waals surface area contributed by atoms with Gasteiger partial charge in [0.2, 0.25) is 0 Å². The third kappa shape index (κ3) is 2.22. The highest BCUT2D eigenvalue weighted by molar-refractivity contribution is 5.96. The van der Waals surface area contributed by atoms with Crippen LogP contribution in [0, 0.1) is 11.8 Å². The Morgan fingerprint density at radius 2 is 2.19 bits per heavy atom. The quantitative estimate of drug-likeness (QED) is 0.911. The summed E-state index contributed by atoms with van der Waals surface area (Å²) in [6.07, 6.45) is 3.78. The number of aliphatic carboxylic acids is 1. The maximum atomic E-state index is 12.7. The highest BCUT2D eigenvalue weighted by Crippen LogP contribution is 2.42. The SMILES string of the molecule is CCc1cc(C(=O)N2CC3CCCC3C2C(=O)O)n(C)n1. The lowest BCUT2D eigenvalue weighted by Crippen LogP contribution is -2.43. The van der Waals surface area contributed by atoms with Gasteiger partial charge in [0.25, 0.3) is 5.91 Å². The summed E-state index contributed by atoms with van der Waals surface area (Å²) in [6, 6.07) is 1.10. The van der Waals surface area contributed by atoms with E-state index in [1.54, 1.807) is 22.7 Å². The van der Waals surface area contributed by atoms with Crippen molar-refractivity contribution < 1.29 is 14.7 Å². The van der Waals surface area contributed by atoms with Gasteiger partial charge in [-0.2, -0.15) is 5.10 Å². The topological polar surface area (TPSA) is 75.4 Å². The van der Waals surface area contributed by atoms with E-state index in [9.17, 15) is 14.7 Å². The fourth-order valence-corrected chi connectivity index (χ4v) is 3.88. The van der Waals surface area contributed by atoms with Crippen LogP contribution >= 0.6 is 0 Å². The normalized spacial score (nSPS) is 27.9. The summed E-state index contributed by atoms with van der Waals surface area (Å²) in [5, 5.41) is 13.8. The van der Waals surface area contributed by atoms with E-state index < -0.39 is 12.0 Å². The summed E-state index contributed by atoms with van der Waals surface area (Å²) < 4.78 is 1.56. The second-order valence-electron chi connectivity index (χ2n) is 6.09. The predicted octanol–water partition coefficient (Wildman–Crippen LogP) is 1.31. The average Bonchev–Trinajstić information content (AvgIpc) is 3.09. The van der Waals surface area contributed by atoms with Gasteiger partial charge in [-0.25, -0.2) is 4.79 Å². The average molecular weight is 291 g/mol. The molecule has 1 saturated heterocycles. The highest BCUT2D eigenvalue weighted by Gasteiger charge is 2.49. The second kappa shape index (κ2) is 5.16. The fourth-order valence-electron chi connectivity index (χ4n) is 3.88. The van der Waals surface area contributed by atoms with Crippen molar-refractivity contribution in [3.63, 3.8) is 0 Å². The number of rotatable bonds is 3. The molecule has 3 atom stereocenters. The first-order valence-electron chi connectivity index (χ1n) is 7.59. The number of hydrogen-bond donors (Lipinski definition) is 1. The summed E-state index contributed by atoms with van der Waals surface area (Å²) in [6.45, 7) is 2.55. The molecule has 0 aromatic carbocycles. The number of nitrogens with zero attached hydrogens (tertiary/aromatic N) is 3. The molecular formula is C15H21N3O3. The van der Waals surface area contributed by atoms with Crippen LogP contribution in [0.5, 0.6) is 0 Å². The molecule has 0 spiro atoms. The first-order valence-corrected chi connectivity index (χ1v) is 7.59. The maximum absolute atomic E-state index is 12.7. The van der Waals surface area contributed by atoms with Crippen LogP contribution in [0.25, 0.3) is 0 Å². The van der Waals surface area contributed by atoms with E-state index >= 15 is 0 Å². The van der Waals surface area contributed by atoms with Gasteiger partial charge in [0, 0.05) is 13.6 Å². The lowest BCUT2D eigenvalue weighted by molar-refractivity contribution is -0.142. The summed E-state index contributed by atoms with van der Waals surface area (Å²) in [5.74, 6) is -0.624. The number of hydrogen-bond acceptors (Lipinski definition) is 3. The standard InChI is InChI=1S/C15H21N3O3/c1-3-10-7-12(17(2)16-10)14(19)18-8-9-5-4-6-11(9)13(18)15(20)21/h7,9,11,13H,3-6,8H2,1-2H3,(H,20,21). The number of carboxylic acids is 1. The van der Waals surface area contributed by atoms with E-state index in [0.717, 1.165) is 31.4 Å². The fraction of sp³-hybridized carbons (Fsp3) is 0.667. The van der Waals surface area contributed by atoms with E-state index in [-0.39, 0.29) is 11.8 Å². The Kier molecular flexibility index (Phi) is 3.47. The Labute approximate surface area is 123 Å². The molecule has 3 unspecified atom stereocenters. The van der Waals surface area contributed by atoms with Crippen LogP contribution in [0.4, 0.5) is 0 Å². The number of aryl methyl sites for hydroxylation is 2. The van der Waals surface area contributed by atoms with E-state index in [1.165, 1.54) is 0 Å². The zero-order valence-corrected chi connectivity index (χ0v) is 12.5. The molecule has 114 valence electrons. The Hall–Kier alpha value is -1.85. The molecule has 6 heteroatoms. The highest BCUT2D eigenvalue weighted by atomic mass is 16.4. The van der Waals surface area contributed by atoms with Crippen LogP contribution in [0.1, 0.15) is 42.4 Å². The van der Waals surface area contributed by atoms with Crippen molar-refractivity contribution in [1.29, 1.82) is 0 Å². The molecule has 0 bridgehead atoms. The molecule has 6 nitrogen and oxygen atoms in total.